The first-order valence-electron chi connectivity index (χ1n) is 7.28. The lowest BCUT2D eigenvalue weighted by Gasteiger charge is -2.58. The molecule has 1 aromatic carbocycles. The summed E-state index contributed by atoms with van der Waals surface area (Å²) >= 11 is 0. The first kappa shape index (κ1) is 11.9. The predicted molar refractivity (Wildman–Crippen MR) is 77.2 cm³/mol. The SMILES string of the molecule is Cn1ncc2cccc(CC3CC4(C3)CN(C=O)C4)c21. The molecule has 4 heteroatoms. The summed E-state index contributed by atoms with van der Waals surface area (Å²) in [5, 5.41) is 5.59. The summed E-state index contributed by atoms with van der Waals surface area (Å²) in [4.78, 5) is 12.5. The van der Waals surface area contributed by atoms with Crippen LogP contribution >= 0.6 is 0 Å². The number of hydrogen-bond acceptors (Lipinski definition) is 2. The van der Waals surface area contributed by atoms with Crippen LogP contribution in [0.3, 0.4) is 0 Å². The number of carbonyl (C=O) groups excluding carboxylic acids is 1. The standard InChI is InChI=1S/C16H19N3O/c1-18-15-13(3-2-4-14(15)8-17-18)5-12-6-16(7-12)9-19(10-16)11-20/h2-4,8,11-12H,5-7,9-10H2,1H3. The van der Waals surface area contributed by atoms with E-state index in [0.29, 0.717) is 5.41 Å². The van der Waals surface area contributed by atoms with Crippen LogP contribution in [0.1, 0.15) is 18.4 Å². The molecule has 20 heavy (non-hydrogen) atoms. The van der Waals surface area contributed by atoms with Crippen LogP contribution in [0.4, 0.5) is 0 Å². The molecule has 2 fully saturated rings. The highest BCUT2D eigenvalue weighted by Gasteiger charge is 2.51. The zero-order valence-corrected chi connectivity index (χ0v) is 11.7. The van der Waals surface area contributed by atoms with Gasteiger partial charge in [-0.2, -0.15) is 5.10 Å². The maximum atomic E-state index is 10.7. The Labute approximate surface area is 118 Å². The van der Waals surface area contributed by atoms with Gasteiger partial charge in [0.05, 0.1) is 11.7 Å². The van der Waals surface area contributed by atoms with Crippen molar-refractivity contribution in [2.45, 2.75) is 19.3 Å². The van der Waals surface area contributed by atoms with Crippen molar-refractivity contribution in [3.05, 3.63) is 30.0 Å². The molecule has 0 bridgehead atoms. The summed E-state index contributed by atoms with van der Waals surface area (Å²) in [6.07, 6.45) is 6.60. The van der Waals surface area contributed by atoms with Gasteiger partial charge in [-0.1, -0.05) is 18.2 Å². The Morgan fingerprint density at radius 2 is 2.20 bits per heavy atom. The van der Waals surface area contributed by atoms with Crippen molar-refractivity contribution in [1.29, 1.82) is 0 Å². The summed E-state index contributed by atoms with van der Waals surface area (Å²) in [5.41, 5.74) is 3.15. The smallest absolute Gasteiger partial charge is 0.209 e. The first-order chi connectivity index (χ1) is 9.69. The van der Waals surface area contributed by atoms with Crippen molar-refractivity contribution in [3.63, 3.8) is 0 Å². The number of hydrogen-bond donors (Lipinski definition) is 0. The van der Waals surface area contributed by atoms with Gasteiger partial charge in [-0.15, -0.1) is 0 Å². The molecule has 2 aliphatic rings. The van der Waals surface area contributed by atoms with Crippen molar-refractivity contribution < 1.29 is 4.79 Å². The van der Waals surface area contributed by atoms with Crippen LogP contribution in [-0.2, 0) is 18.3 Å². The number of aryl methyl sites for hydroxylation is 1. The summed E-state index contributed by atoms with van der Waals surface area (Å²) in [6, 6.07) is 6.49. The van der Waals surface area contributed by atoms with Crippen molar-refractivity contribution in [1.82, 2.24) is 14.7 Å². The molecule has 1 amide bonds. The van der Waals surface area contributed by atoms with Gasteiger partial charge in [-0.3, -0.25) is 9.48 Å². The summed E-state index contributed by atoms with van der Waals surface area (Å²) in [6.45, 7) is 1.95. The van der Waals surface area contributed by atoms with Crippen LogP contribution < -0.4 is 0 Å². The van der Waals surface area contributed by atoms with Crippen LogP contribution in [0.25, 0.3) is 10.9 Å². The zero-order valence-electron chi connectivity index (χ0n) is 11.7. The van der Waals surface area contributed by atoms with Gasteiger partial charge < -0.3 is 4.90 Å². The van der Waals surface area contributed by atoms with Gasteiger partial charge in [-0.25, -0.2) is 0 Å². The maximum Gasteiger partial charge on any atom is 0.209 e. The van der Waals surface area contributed by atoms with Crippen molar-refractivity contribution >= 4 is 17.3 Å². The molecule has 1 saturated heterocycles. The molecule has 1 aliphatic heterocycles. The quantitative estimate of drug-likeness (QED) is 0.799. The molecule has 4 nitrogen and oxygen atoms in total. The Kier molecular flexibility index (Phi) is 2.43. The molecule has 1 spiro atoms. The molecule has 2 aromatic rings. The van der Waals surface area contributed by atoms with Crippen molar-refractivity contribution in [3.8, 4) is 0 Å². The van der Waals surface area contributed by atoms with E-state index in [1.807, 2.05) is 22.8 Å². The third-order valence-corrected chi connectivity index (χ3v) is 5.02. The number of aromatic nitrogens is 2. The number of likely N-dealkylation sites (tertiary alicyclic amines) is 1. The number of benzene rings is 1. The second-order valence-corrected chi connectivity index (χ2v) is 6.61. The van der Waals surface area contributed by atoms with Gasteiger partial charge in [-0.05, 0) is 30.7 Å². The second kappa shape index (κ2) is 4.08. The number of nitrogens with zero attached hydrogens (tertiary/aromatic N) is 3. The van der Waals surface area contributed by atoms with E-state index in [1.54, 1.807) is 0 Å². The molecule has 1 aliphatic carbocycles. The normalized spacial score (nSPS) is 20.9. The van der Waals surface area contributed by atoms with Crippen LogP contribution in [0.2, 0.25) is 0 Å². The number of carbonyl (C=O) groups is 1. The second-order valence-electron chi connectivity index (χ2n) is 6.61. The van der Waals surface area contributed by atoms with E-state index < -0.39 is 0 Å². The lowest BCUT2D eigenvalue weighted by molar-refractivity contribution is -0.141. The average molecular weight is 269 g/mol. The average Bonchev–Trinajstić information content (AvgIpc) is 2.73. The Hall–Kier alpha value is -1.84. The lowest BCUT2D eigenvalue weighted by atomic mass is 9.56. The fraction of sp³-hybridized carbons (Fsp3) is 0.500. The molecule has 0 atom stereocenters. The highest BCUT2D eigenvalue weighted by Crippen LogP contribution is 2.52. The number of rotatable bonds is 3. The van der Waals surface area contributed by atoms with E-state index in [1.165, 1.54) is 29.3 Å². The van der Waals surface area contributed by atoms with Crippen LogP contribution in [0, 0.1) is 11.3 Å². The van der Waals surface area contributed by atoms with E-state index in [0.717, 1.165) is 31.8 Å². The largest absolute Gasteiger partial charge is 0.344 e. The minimum Gasteiger partial charge on any atom is -0.344 e. The number of amides is 1. The molecule has 0 radical (unpaired) electrons. The number of fused-ring (bicyclic) bond motifs is 1. The fourth-order valence-electron chi connectivity index (χ4n) is 4.25. The van der Waals surface area contributed by atoms with Crippen LogP contribution in [-0.4, -0.2) is 34.2 Å². The Morgan fingerprint density at radius 1 is 1.40 bits per heavy atom. The third kappa shape index (κ3) is 1.67. The molecule has 4 rings (SSSR count). The molecule has 1 saturated carbocycles. The molecule has 1 aromatic heterocycles. The van der Waals surface area contributed by atoms with E-state index in [9.17, 15) is 4.79 Å². The minimum absolute atomic E-state index is 0.464. The van der Waals surface area contributed by atoms with E-state index >= 15 is 0 Å². The van der Waals surface area contributed by atoms with E-state index in [4.69, 9.17) is 0 Å². The fourth-order valence-corrected chi connectivity index (χ4v) is 4.25. The molecule has 0 N–H and O–H groups in total. The number of para-hydroxylation sites is 1. The monoisotopic (exact) mass is 269 g/mol. The minimum atomic E-state index is 0.464. The first-order valence-corrected chi connectivity index (χ1v) is 7.28. The van der Waals surface area contributed by atoms with Gasteiger partial charge in [0.2, 0.25) is 6.41 Å². The van der Waals surface area contributed by atoms with Gasteiger partial charge in [0.15, 0.2) is 0 Å². The summed E-state index contributed by atoms with van der Waals surface area (Å²) < 4.78 is 1.98. The van der Waals surface area contributed by atoms with Gasteiger partial charge in [0.1, 0.15) is 0 Å². The van der Waals surface area contributed by atoms with Gasteiger partial charge in [0, 0.05) is 30.9 Å². The molecule has 0 unspecified atom stereocenters. The Morgan fingerprint density at radius 3 is 2.95 bits per heavy atom. The highest BCUT2D eigenvalue weighted by molar-refractivity contribution is 5.81. The van der Waals surface area contributed by atoms with Crippen LogP contribution in [0.5, 0.6) is 0 Å². The van der Waals surface area contributed by atoms with Crippen molar-refractivity contribution in [2.75, 3.05) is 13.1 Å². The summed E-state index contributed by atoms with van der Waals surface area (Å²) in [5.74, 6) is 0.768. The van der Waals surface area contributed by atoms with Gasteiger partial charge >= 0.3 is 0 Å². The lowest BCUT2D eigenvalue weighted by Crippen LogP contribution is -2.61. The zero-order chi connectivity index (χ0) is 13.7. The molecular formula is C16H19N3O. The topological polar surface area (TPSA) is 38.1 Å². The van der Waals surface area contributed by atoms with Gasteiger partial charge in [0.25, 0.3) is 0 Å². The van der Waals surface area contributed by atoms with E-state index in [2.05, 4.69) is 23.3 Å². The van der Waals surface area contributed by atoms with E-state index in [-0.39, 0.29) is 0 Å². The predicted octanol–water partition coefficient (Wildman–Crippen LogP) is 1.98. The van der Waals surface area contributed by atoms with Crippen LogP contribution in [0.15, 0.2) is 24.4 Å². The highest BCUT2D eigenvalue weighted by atomic mass is 16.1. The Balaban J connectivity index is 1.48. The third-order valence-electron chi connectivity index (χ3n) is 5.02. The molecule has 2 heterocycles. The summed E-state index contributed by atoms with van der Waals surface area (Å²) in [7, 11) is 2.02. The molecular weight excluding hydrogens is 250 g/mol. The molecule has 104 valence electrons. The Bertz CT molecular complexity index is 661. The maximum absolute atomic E-state index is 10.7. The van der Waals surface area contributed by atoms with Crippen molar-refractivity contribution in [2.24, 2.45) is 18.4 Å².